The topological polar surface area (TPSA) is 506 Å². The summed E-state index contributed by atoms with van der Waals surface area (Å²) in [6.45, 7) is 6.84. The van der Waals surface area contributed by atoms with Gasteiger partial charge in [-0.1, -0.05) is 191 Å². The molecule has 0 amide bonds. The Labute approximate surface area is 875 Å². The number of hydrogen-bond donors (Lipinski definition) is 6. The fourth-order valence-electron chi connectivity index (χ4n) is 11.6. The van der Waals surface area contributed by atoms with Crippen LogP contribution >= 0.6 is 186 Å². The summed E-state index contributed by atoms with van der Waals surface area (Å²) in [6.07, 6.45) is -7.01. The number of carbonyl (C=O) groups is 6. The number of furan rings is 4. The number of aromatic nitrogens is 4. The molecule has 0 spiro atoms. The van der Waals surface area contributed by atoms with E-state index in [2.05, 4.69) is 14.9 Å². The number of aromatic hydroxyl groups is 3. The van der Waals surface area contributed by atoms with E-state index in [9.17, 15) is 89.3 Å². The number of phenols is 3. The van der Waals surface area contributed by atoms with Gasteiger partial charge in [-0.3, -0.25) is 23.5 Å². The van der Waals surface area contributed by atoms with Crippen molar-refractivity contribution in [2.45, 2.75) is 40.0 Å². The number of esters is 4. The van der Waals surface area contributed by atoms with Crippen LogP contribution in [-0.2, 0) is 55.0 Å². The van der Waals surface area contributed by atoms with Gasteiger partial charge in [0.1, 0.15) is 52.1 Å². The van der Waals surface area contributed by atoms with E-state index in [1.165, 1.54) is 104 Å². The van der Waals surface area contributed by atoms with Crippen LogP contribution in [0.15, 0.2) is 156 Å². The SMILES string of the molecule is CCOC(=O)COc1c(Cl)cc(Cl)cc1C#N.CCOC(=O)c1oc2c(Cl)cc(Cl)cc2c1-n1c(=O)cc(C(F)(F)F)n(C)c1=O.CCOC(=O)c1oc2c(Cl)cc(Cl)cc2c1N.CCOC(=O)c1oc2c(Cl)cc(Cl)cc2c1N=C=O.Cn1c(C(F)(F)F)cc(=O)n(-c2c(C(=O)O)oc3c(Cl)cc(Cl)cc23)c1=O.N#Cc1cc(Cl)cc(Cl)c1O.O/N=C\c1cc(Cl)cc(Cl)c1O.O=Cc1cc(Cl)cc(Cl)c1O. The smallest absolute Gasteiger partial charge is 0.431 e. The summed E-state index contributed by atoms with van der Waals surface area (Å²) in [7, 11) is 1.64. The lowest BCUT2D eigenvalue weighted by Crippen LogP contribution is -2.41. The van der Waals surface area contributed by atoms with Crippen molar-refractivity contribution in [3.05, 3.63) is 288 Å². The largest absolute Gasteiger partial charge is 0.506 e. The van der Waals surface area contributed by atoms with Crippen molar-refractivity contribution in [3.63, 3.8) is 0 Å². The average molecular weight is 2310 g/mol. The third-order valence-corrected chi connectivity index (χ3v) is 21.6. The fraction of sp³-hybridized carbons (Fsp3) is 0.149. The zero-order valence-corrected chi connectivity index (χ0v) is 84.0. The molecular formula is C87H55Cl16F6N9O25. The molecule has 0 unspecified atom stereocenters. The van der Waals surface area contributed by atoms with Crippen molar-refractivity contribution < 1.29 is 127 Å². The second kappa shape index (κ2) is 51.5. The molecule has 14 aromatic rings. The molecular weight excluding hydrogens is 2250 g/mol. The molecule has 143 heavy (non-hydrogen) atoms. The molecule has 6 heterocycles. The lowest BCUT2D eigenvalue weighted by atomic mass is 10.2. The molecule has 34 nitrogen and oxygen atoms in total. The molecule has 0 radical (unpaired) electrons. The zero-order valence-electron chi connectivity index (χ0n) is 72.0. The molecule has 14 rings (SSSR count). The van der Waals surface area contributed by atoms with E-state index in [-0.39, 0.29) is 200 Å². The Hall–Kier alpha value is -12.7. The lowest BCUT2D eigenvalue weighted by molar-refractivity contribution is -0.145. The number of anilines is 1. The molecule has 8 aromatic carbocycles. The van der Waals surface area contributed by atoms with Crippen molar-refractivity contribution in [1.82, 2.24) is 18.3 Å². The van der Waals surface area contributed by atoms with Crippen LogP contribution in [0.1, 0.15) is 108 Å². The van der Waals surface area contributed by atoms with E-state index in [1.54, 1.807) is 32.9 Å². The number of oxime groups is 1. The first-order valence-corrected chi connectivity index (χ1v) is 44.4. The Bertz CT molecular complexity index is 7770. The predicted molar refractivity (Wildman–Crippen MR) is 521 cm³/mol. The van der Waals surface area contributed by atoms with Gasteiger partial charge in [0.05, 0.1) is 101 Å². The number of hydrogen-bond acceptors (Lipinski definition) is 29. The number of nitrogens with two attached hydrogens (primary N) is 1. The normalized spacial score (nSPS) is 10.8. The minimum Gasteiger partial charge on any atom is -0.506 e. The first-order chi connectivity index (χ1) is 67.0. The van der Waals surface area contributed by atoms with Crippen LogP contribution in [0, 0.1) is 22.7 Å². The van der Waals surface area contributed by atoms with E-state index in [0.29, 0.717) is 62.4 Å². The standard InChI is InChI=1S/C17H11Cl2F3N2O5.C15H7Cl2F3N2O5.C12H7Cl2NO4.2C11H9Cl2NO3.C7H5Cl2NO2.C7H3Cl2NO.C7H4Cl2O2/c1-3-28-15(26)14-12(8-4-7(18)5-9(19)13(8)29-14)24-11(25)6-10(17(20,21)22)23(2)16(24)27;1-21-8(15(18,19)20)4-9(23)22(14(21)26)10-6-2-5(16)3-7(17)11(6)27-12(10)13(24)25;1-2-18-12(17)11-9(15-5-16)7-3-6(13)4-8(14)10(7)19-11;1-2-16-11(15)10-8(14)6-3-5(12)4-7(13)9(6)17-10;1-2-16-10(15)6-17-11-7(5-14)3-8(12)4-9(11)13;8-5-1-4(3-10-12)7(11)6(9)2-5;2*8-5-1-4(3-10)7(11)6(9)2-5/h4-6H,3H2,1-2H3;2-4H,1H3,(H,24,25);3-4H,2H2,1H3;3-4H,2,14H2,1H3;3-4H,2,6H2,1H3;1-3,11-12H;1-2,11H;1-3,11H/b;;;;;10-3-;;. The summed E-state index contributed by atoms with van der Waals surface area (Å²) in [5.74, 6) is -6.75. The third-order valence-electron chi connectivity index (χ3n) is 17.6. The number of benzene rings is 8. The number of phenolic OH excluding ortho intramolecular Hbond substituents is 3. The van der Waals surface area contributed by atoms with Gasteiger partial charge in [0, 0.05) is 88.1 Å². The molecule has 0 atom stereocenters. The summed E-state index contributed by atoms with van der Waals surface area (Å²) in [4.78, 5) is 132. The number of carboxylic acid groups (broad SMARTS) is 1. The Kier molecular flexibility index (Phi) is 42.3. The third kappa shape index (κ3) is 29.1. The highest BCUT2D eigenvalue weighted by Gasteiger charge is 2.39. The van der Waals surface area contributed by atoms with Crippen LogP contribution in [0.2, 0.25) is 80.4 Å². The van der Waals surface area contributed by atoms with E-state index in [0.717, 1.165) is 20.3 Å². The second-order valence-corrected chi connectivity index (χ2v) is 33.6. The average Bonchev–Trinajstić information content (AvgIpc) is 1.61. The van der Waals surface area contributed by atoms with Crippen LogP contribution in [-0.4, -0.2) is 125 Å². The van der Waals surface area contributed by atoms with Crippen LogP contribution < -0.4 is 33.0 Å². The highest BCUT2D eigenvalue weighted by Crippen LogP contribution is 2.44. The van der Waals surface area contributed by atoms with Gasteiger partial charge in [-0.15, -0.1) is 0 Å². The Balaban J connectivity index is 0.000000227. The fourth-order valence-corrected chi connectivity index (χ4v) is 15.8. The Morgan fingerprint density at radius 3 is 1.20 bits per heavy atom. The van der Waals surface area contributed by atoms with Gasteiger partial charge in [0.15, 0.2) is 46.7 Å². The number of aldehydes is 1. The number of carboxylic acids is 1. The number of aromatic carboxylic acids is 1. The number of nitrogens with zero attached hydrogens (tertiary/aromatic N) is 8. The quantitative estimate of drug-likeness (QED) is 0.00764. The summed E-state index contributed by atoms with van der Waals surface area (Å²) in [6, 6.07) is 26.2. The van der Waals surface area contributed by atoms with E-state index >= 15 is 0 Å². The van der Waals surface area contributed by atoms with Gasteiger partial charge in [0.2, 0.25) is 29.1 Å². The molecule has 0 aliphatic heterocycles. The number of nitriles is 2. The molecule has 752 valence electrons. The number of rotatable bonds is 16. The van der Waals surface area contributed by atoms with Crippen LogP contribution in [0.4, 0.5) is 37.7 Å². The number of isocyanates is 1. The number of ether oxygens (including phenoxy) is 5. The number of fused-ring (bicyclic) bond motifs is 4. The molecule has 0 aliphatic carbocycles. The Morgan fingerprint density at radius 2 is 0.783 bits per heavy atom. The molecule has 0 bridgehead atoms. The maximum atomic E-state index is 13.1. The summed E-state index contributed by atoms with van der Waals surface area (Å²) in [5, 5.41) is 68.8. The maximum Gasteiger partial charge on any atom is 0.431 e. The van der Waals surface area contributed by atoms with Crippen molar-refractivity contribution in [1.29, 1.82) is 10.5 Å². The number of nitrogen functional groups attached to an aromatic ring is 1. The first kappa shape index (κ1) is 117. The summed E-state index contributed by atoms with van der Waals surface area (Å²) >= 11 is 92.4. The molecule has 56 heteroatoms. The van der Waals surface area contributed by atoms with Crippen LogP contribution in [0.25, 0.3) is 55.3 Å². The predicted octanol–water partition coefficient (Wildman–Crippen LogP) is 24.9. The Morgan fingerprint density at radius 1 is 0.448 bits per heavy atom. The molecule has 6 aromatic heterocycles. The first-order valence-electron chi connectivity index (χ1n) is 38.3. The number of carbonyl (C=O) groups excluding carboxylic acids is 6. The van der Waals surface area contributed by atoms with Crippen molar-refractivity contribution >= 4 is 289 Å². The van der Waals surface area contributed by atoms with E-state index in [1.807, 2.05) is 6.07 Å². The summed E-state index contributed by atoms with van der Waals surface area (Å²) < 4.78 is 125. The van der Waals surface area contributed by atoms with E-state index < -0.39 is 99.0 Å². The molecule has 0 aliphatic rings. The highest BCUT2D eigenvalue weighted by molar-refractivity contribution is 6.42. The van der Waals surface area contributed by atoms with Gasteiger partial charge >= 0.3 is 53.6 Å². The monoisotopic (exact) mass is 2300 g/mol. The van der Waals surface area contributed by atoms with Crippen LogP contribution in [0.5, 0.6) is 23.0 Å². The second-order valence-electron chi connectivity index (χ2n) is 26.9. The van der Waals surface area contributed by atoms with Gasteiger partial charge in [-0.2, -0.15) is 41.9 Å². The molecule has 0 fully saturated rings. The maximum absolute atomic E-state index is 13.1. The highest BCUT2D eigenvalue weighted by atomic mass is 35.5. The minimum absolute atomic E-state index is 0.00727. The van der Waals surface area contributed by atoms with Crippen molar-refractivity contribution in [2.24, 2.45) is 24.2 Å². The molecule has 7 N–H and O–H groups in total. The number of halogens is 22. The van der Waals surface area contributed by atoms with Gasteiger partial charge < -0.3 is 72.7 Å². The van der Waals surface area contributed by atoms with Crippen molar-refractivity contribution in [3.8, 4) is 46.5 Å². The molecule has 0 saturated heterocycles. The van der Waals surface area contributed by atoms with Gasteiger partial charge in [-0.05, 0) is 125 Å². The minimum atomic E-state index is -4.97. The number of aliphatic imine (C=N–C) groups is 1. The van der Waals surface area contributed by atoms with Gasteiger partial charge in [0.25, 0.3) is 11.1 Å². The molecule has 0 saturated carbocycles. The van der Waals surface area contributed by atoms with E-state index in [4.69, 9.17) is 254 Å². The van der Waals surface area contributed by atoms with Gasteiger partial charge in [-0.25, -0.2) is 47.5 Å². The lowest BCUT2D eigenvalue weighted by Gasteiger charge is -2.14. The summed E-state index contributed by atoms with van der Waals surface area (Å²) in [5.41, 5.74) is -2.55. The van der Waals surface area contributed by atoms with Crippen LogP contribution in [0.3, 0.4) is 0 Å². The zero-order chi connectivity index (χ0) is 107. The number of alkyl halides is 6. The van der Waals surface area contributed by atoms with Crippen molar-refractivity contribution in [2.75, 3.05) is 38.8 Å².